The van der Waals surface area contributed by atoms with Gasteiger partial charge in [0.15, 0.2) is 0 Å². The number of rotatable bonds is 6. The van der Waals surface area contributed by atoms with Crippen molar-refractivity contribution in [2.45, 2.75) is 52.9 Å². The van der Waals surface area contributed by atoms with Crippen LogP contribution in [0.3, 0.4) is 0 Å². The molecule has 2 aliphatic rings. The Morgan fingerprint density at radius 3 is 2.50 bits per heavy atom. The van der Waals surface area contributed by atoms with Gasteiger partial charge in [0.1, 0.15) is 0 Å². The van der Waals surface area contributed by atoms with Gasteiger partial charge in [-0.2, -0.15) is 0 Å². The van der Waals surface area contributed by atoms with Gasteiger partial charge in [-0.1, -0.05) is 51.3 Å². The molecule has 0 N–H and O–H groups in total. The summed E-state index contributed by atoms with van der Waals surface area (Å²) in [5, 5.41) is 5.21. The third-order valence-electron chi connectivity index (χ3n) is 4.70. The molecule has 0 spiro atoms. The summed E-state index contributed by atoms with van der Waals surface area (Å²) >= 11 is 0. The minimum absolute atomic E-state index is 0.843. The van der Waals surface area contributed by atoms with Gasteiger partial charge < -0.3 is 0 Å². The van der Waals surface area contributed by atoms with Gasteiger partial charge in [-0.05, 0) is 42.1 Å². The van der Waals surface area contributed by atoms with Crippen molar-refractivity contribution in [3.05, 3.63) is 34.6 Å². The summed E-state index contributed by atoms with van der Waals surface area (Å²) in [4.78, 5) is 0. The minimum atomic E-state index is -0.859. The molecule has 0 aromatic heterocycles. The van der Waals surface area contributed by atoms with Crippen molar-refractivity contribution in [3.63, 3.8) is 0 Å². The maximum absolute atomic E-state index is 2.68. The van der Waals surface area contributed by atoms with Crippen molar-refractivity contribution in [2.24, 2.45) is 5.92 Å². The molecule has 1 nitrogen and oxygen atoms in total. The smallest absolute Gasteiger partial charge is 0.0144 e. The average molecular weight is 294 g/mol. The van der Waals surface area contributed by atoms with Gasteiger partial charge in [0.2, 0.25) is 0 Å². The van der Waals surface area contributed by atoms with Crippen LogP contribution in [0.1, 0.15) is 52.9 Å². The molecule has 1 atom stereocenters. The highest BCUT2D eigenvalue weighted by atomic mass is 32.3. The zero-order valence-corrected chi connectivity index (χ0v) is 14.3. The lowest BCUT2D eigenvalue weighted by molar-refractivity contribution is 0.409. The van der Waals surface area contributed by atoms with Gasteiger partial charge in [-0.15, -0.1) is 10.2 Å². The predicted octanol–water partition coefficient (Wildman–Crippen LogP) is 5.62. The molecule has 0 amide bonds. The first-order valence-corrected chi connectivity index (χ1v) is 10.2. The fourth-order valence-corrected chi connectivity index (χ4v) is 6.92. The molecule has 20 heavy (non-hydrogen) atoms. The van der Waals surface area contributed by atoms with E-state index in [2.05, 4.69) is 54.1 Å². The largest absolute Gasteiger partial charge is 0.261 e. The summed E-state index contributed by atoms with van der Waals surface area (Å²) in [6.45, 7) is 9.05. The molecule has 0 saturated heterocycles. The first-order valence-electron chi connectivity index (χ1n) is 8.32. The van der Waals surface area contributed by atoms with Crippen molar-refractivity contribution >= 4 is 10.2 Å². The molecule has 1 heterocycles. The first-order chi connectivity index (χ1) is 9.75. The zero-order valence-electron chi connectivity index (χ0n) is 13.5. The Morgan fingerprint density at radius 1 is 1.20 bits per heavy atom. The van der Waals surface area contributed by atoms with Crippen molar-refractivity contribution in [3.8, 4) is 0 Å². The lowest BCUT2D eigenvalue weighted by Crippen LogP contribution is -2.26. The SMILES string of the molecule is CC=CCS1(N(CC)CC)C=CC(C2CCCCC2)=C1. The Bertz CT molecular complexity index is 386. The quantitative estimate of drug-likeness (QED) is 0.575. The van der Waals surface area contributed by atoms with Crippen molar-refractivity contribution < 1.29 is 0 Å². The second-order valence-corrected chi connectivity index (χ2v) is 8.89. The highest BCUT2D eigenvalue weighted by molar-refractivity contribution is 8.36. The van der Waals surface area contributed by atoms with Crippen LogP contribution < -0.4 is 0 Å². The molecule has 1 saturated carbocycles. The molecule has 1 aliphatic carbocycles. The Labute approximate surface area is 127 Å². The maximum atomic E-state index is 2.68. The van der Waals surface area contributed by atoms with Gasteiger partial charge >= 0.3 is 0 Å². The van der Waals surface area contributed by atoms with Crippen LogP contribution in [-0.2, 0) is 0 Å². The second-order valence-electron chi connectivity index (χ2n) is 5.91. The highest BCUT2D eigenvalue weighted by Gasteiger charge is 2.30. The van der Waals surface area contributed by atoms with Crippen LogP contribution in [0.5, 0.6) is 0 Å². The van der Waals surface area contributed by atoms with E-state index in [1.165, 1.54) is 37.9 Å². The number of hydrogen-bond donors (Lipinski definition) is 0. The molecular formula is C18H31NS. The van der Waals surface area contributed by atoms with E-state index in [1.54, 1.807) is 5.57 Å². The molecule has 0 bridgehead atoms. The van der Waals surface area contributed by atoms with Crippen molar-refractivity contribution in [1.29, 1.82) is 0 Å². The molecule has 0 aromatic rings. The van der Waals surface area contributed by atoms with Crippen LogP contribution >= 0.6 is 10.2 Å². The maximum Gasteiger partial charge on any atom is 0.0144 e. The summed E-state index contributed by atoms with van der Waals surface area (Å²) in [5.74, 6) is 2.04. The lowest BCUT2D eigenvalue weighted by atomic mass is 9.84. The molecular weight excluding hydrogens is 262 g/mol. The summed E-state index contributed by atoms with van der Waals surface area (Å²) < 4.78 is 2.68. The van der Waals surface area contributed by atoms with Crippen LogP contribution in [0.2, 0.25) is 0 Å². The van der Waals surface area contributed by atoms with E-state index in [9.17, 15) is 0 Å². The third kappa shape index (κ3) is 3.40. The third-order valence-corrected chi connectivity index (χ3v) is 8.19. The van der Waals surface area contributed by atoms with E-state index in [1.807, 2.05) is 0 Å². The van der Waals surface area contributed by atoms with E-state index in [-0.39, 0.29) is 0 Å². The standard InChI is InChI=1S/C18H31NS/c1-4-7-14-20(19(5-2)6-3)15-13-18(16-20)17-11-9-8-10-12-17/h4,7,13,15-17H,5-6,8-12,14H2,1-3H3. The molecule has 1 aliphatic heterocycles. The Morgan fingerprint density at radius 2 is 1.90 bits per heavy atom. The molecule has 0 radical (unpaired) electrons. The van der Waals surface area contributed by atoms with Crippen LogP contribution in [-0.4, -0.2) is 23.1 Å². The van der Waals surface area contributed by atoms with Crippen molar-refractivity contribution in [2.75, 3.05) is 18.8 Å². The summed E-state index contributed by atoms with van der Waals surface area (Å²) in [6, 6.07) is 0. The summed E-state index contributed by atoms with van der Waals surface area (Å²) in [6.07, 6.45) is 14.2. The molecule has 0 aromatic carbocycles. The van der Waals surface area contributed by atoms with E-state index in [0.29, 0.717) is 0 Å². The van der Waals surface area contributed by atoms with E-state index >= 15 is 0 Å². The second kappa shape index (κ2) is 7.51. The minimum Gasteiger partial charge on any atom is -0.261 e. The lowest BCUT2D eigenvalue weighted by Gasteiger charge is -2.42. The first kappa shape index (κ1) is 15.9. The number of nitrogens with zero attached hydrogens (tertiary/aromatic N) is 1. The predicted molar refractivity (Wildman–Crippen MR) is 94.0 cm³/mol. The molecule has 2 heteroatoms. The number of allylic oxidation sites excluding steroid dienone is 3. The molecule has 2 rings (SSSR count). The van der Waals surface area contributed by atoms with Gasteiger partial charge in [0, 0.05) is 18.8 Å². The Balaban J connectivity index is 2.20. The molecule has 1 unspecified atom stereocenters. The van der Waals surface area contributed by atoms with Crippen LogP contribution in [0.25, 0.3) is 0 Å². The van der Waals surface area contributed by atoms with Gasteiger partial charge in [0.05, 0.1) is 0 Å². The van der Waals surface area contributed by atoms with E-state index < -0.39 is 10.2 Å². The van der Waals surface area contributed by atoms with Crippen LogP contribution in [0.15, 0.2) is 34.6 Å². The normalized spacial score (nSPS) is 30.9. The van der Waals surface area contributed by atoms with Crippen LogP contribution in [0.4, 0.5) is 0 Å². The monoisotopic (exact) mass is 293 g/mol. The average Bonchev–Trinajstić information content (AvgIpc) is 2.93. The van der Waals surface area contributed by atoms with E-state index in [0.717, 1.165) is 19.0 Å². The van der Waals surface area contributed by atoms with E-state index in [4.69, 9.17) is 0 Å². The highest BCUT2D eigenvalue weighted by Crippen LogP contribution is 2.59. The Kier molecular flexibility index (Phi) is 5.98. The molecule has 114 valence electrons. The van der Waals surface area contributed by atoms with Crippen LogP contribution in [0, 0.1) is 5.92 Å². The van der Waals surface area contributed by atoms with Gasteiger partial charge in [0.25, 0.3) is 0 Å². The fraction of sp³-hybridized carbons (Fsp3) is 0.667. The number of hydrogen-bond acceptors (Lipinski definition) is 1. The molecule has 1 fully saturated rings. The Hall–Kier alpha value is -0.470. The fourth-order valence-electron chi connectivity index (χ4n) is 3.50. The topological polar surface area (TPSA) is 3.24 Å². The van der Waals surface area contributed by atoms with Gasteiger partial charge in [-0.3, -0.25) is 4.31 Å². The summed E-state index contributed by atoms with van der Waals surface area (Å²) in [7, 11) is -0.859. The zero-order chi connectivity index (χ0) is 14.4. The summed E-state index contributed by atoms with van der Waals surface area (Å²) in [5.41, 5.74) is 1.65. The van der Waals surface area contributed by atoms with Gasteiger partial charge in [-0.25, -0.2) is 0 Å². The van der Waals surface area contributed by atoms with Crippen molar-refractivity contribution in [1.82, 2.24) is 4.31 Å².